The third-order valence-electron chi connectivity index (χ3n) is 3.64. The molecule has 1 aromatic heterocycles. The van der Waals surface area contributed by atoms with E-state index in [0.29, 0.717) is 25.4 Å². The molecule has 1 aromatic rings. The number of nitrogens with zero attached hydrogens (tertiary/aromatic N) is 2. The van der Waals surface area contributed by atoms with Gasteiger partial charge in [0, 0.05) is 19.1 Å². The van der Waals surface area contributed by atoms with Gasteiger partial charge in [-0.1, -0.05) is 6.92 Å². The molecule has 1 unspecified atom stereocenters. The monoisotopic (exact) mass is 301 g/mol. The first kappa shape index (κ1) is 15.5. The van der Waals surface area contributed by atoms with E-state index in [-0.39, 0.29) is 11.1 Å². The van der Waals surface area contributed by atoms with E-state index >= 15 is 0 Å². The minimum Gasteiger partial charge on any atom is -0.447 e. The van der Waals surface area contributed by atoms with Crippen LogP contribution in [0.4, 0.5) is 0 Å². The van der Waals surface area contributed by atoms with E-state index in [9.17, 15) is 8.42 Å². The van der Waals surface area contributed by atoms with E-state index in [2.05, 4.69) is 10.2 Å². The summed E-state index contributed by atoms with van der Waals surface area (Å²) in [6.45, 7) is 4.44. The van der Waals surface area contributed by atoms with Crippen LogP contribution in [0.15, 0.2) is 21.6 Å². The van der Waals surface area contributed by atoms with Gasteiger partial charge in [0.25, 0.3) is 10.0 Å². The molecule has 0 spiro atoms. The zero-order valence-corrected chi connectivity index (χ0v) is 13.1. The highest BCUT2D eigenvalue weighted by Crippen LogP contribution is 2.24. The second kappa shape index (κ2) is 6.26. The van der Waals surface area contributed by atoms with E-state index < -0.39 is 10.0 Å². The average Bonchev–Trinajstić information content (AvgIpc) is 3.05. The Morgan fingerprint density at radius 1 is 1.45 bits per heavy atom. The summed E-state index contributed by atoms with van der Waals surface area (Å²) >= 11 is 0. The quantitative estimate of drug-likeness (QED) is 0.838. The first-order valence-corrected chi connectivity index (χ1v) is 8.35. The van der Waals surface area contributed by atoms with E-state index in [4.69, 9.17) is 4.42 Å². The minimum atomic E-state index is -3.50. The molecule has 0 saturated carbocycles. The molecule has 1 aliphatic rings. The van der Waals surface area contributed by atoms with Crippen molar-refractivity contribution in [2.45, 2.75) is 31.0 Å². The summed E-state index contributed by atoms with van der Waals surface area (Å²) in [7, 11) is 0.452. The van der Waals surface area contributed by atoms with Crippen LogP contribution in [0.1, 0.15) is 19.1 Å². The maximum absolute atomic E-state index is 12.5. The molecule has 20 heavy (non-hydrogen) atoms. The summed E-state index contributed by atoms with van der Waals surface area (Å²) < 4.78 is 31.9. The number of rotatable bonds is 6. The molecule has 0 amide bonds. The van der Waals surface area contributed by atoms with Crippen LogP contribution in [-0.2, 0) is 16.6 Å². The molecule has 2 heterocycles. The molecule has 0 aliphatic carbocycles. The number of hydrogen-bond donors (Lipinski definition) is 1. The molecule has 0 radical (unpaired) electrons. The minimum absolute atomic E-state index is 0.0461. The Hall–Kier alpha value is -0.890. The highest BCUT2D eigenvalue weighted by atomic mass is 32.2. The van der Waals surface area contributed by atoms with Crippen LogP contribution in [0.2, 0.25) is 0 Å². The Kier molecular flexibility index (Phi) is 4.85. The van der Waals surface area contributed by atoms with Crippen molar-refractivity contribution in [1.82, 2.24) is 14.5 Å². The van der Waals surface area contributed by atoms with Gasteiger partial charge in [0.15, 0.2) is 0 Å². The molecule has 1 saturated heterocycles. The van der Waals surface area contributed by atoms with Crippen LogP contribution in [0.25, 0.3) is 0 Å². The lowest BCUT2D eigenvalue weighted by atomic mass is 10.2. The predicted octanol–water partition coefficient (Wildman–Crippen LogP) is 0.714. The third kappa shape index (κ3) is 3.22. The number of nitrogens with one attached hydrogen (secondary N) is 1. The second-order valence-corrected chi connectivity index (χ2v) is 7.14. The normalized spacial score (nSPS) is 20.9. The Labute approximate surface area is 120 Å². The van der Waals surface area contributed by atoms with Crippen LogP contribution >= 0.6 is 0 Å². The molecule has 114 valence electrons. The van der Waals surface area contributed by atoms with Crippen LogP contribution in [0.5, 0.6) is 0 Å². The Bertz CT molecular complexity index is 539. The van der Waals surface area contributed by atoms with Crippen LogP contribution in [0.3, 0.4) is 0 Å². The first-order valence-electron chi connectivity index (χ1n) is 6.91. The highest BCUT2D eigenvalue weighted by molar-refractivity contribution is 7.89. The lowest BCUT2D eigenvalue weighted by Crippen LogP contribution is -2.34. The van der Waals surface area contributed by atoms with Gasteiger partial charge in [0.2, 0.25) is 5.09 Å². The van der Waals surface area contributed by atoms with Gasteiger partial charge in [-0.25, -0.2) is 8.42 Å². The summed E-state index contributed by atoms with van der Waals surface area (Å²) in [5.41, 5.74) is 0. The zero-order valence-electron chi connectivity index (χ0n) is 12.3. The zero-order chi connectivity index (χ0) is 14.8. The maximum Gasteiger partial charge on any atom is 0.276 e. The molecule has 1 aliphatic heterocycles. The number of hydrogen-bond acceptors (Lipinski definition) is 5. The highest BCUT2D eigenvalue weighted by Gasteiger charge is 2.35. The van der Waals surface area contributed by atoms with E-state index in [1.54, 1.807) is 12.1 Å². The smallest absolute Gasteiger partial charge is 0.276 e. The summed E-state index contributed by atoms with van der Waals surface area (Å²) in [6, 6.07) is 3.54. The molecule has 0 bridgehead atoms. The van der Waals surface area contributed by atoms with Crippen molar-refractivity contribution in [2.75, 3.05) is 33.7 Å². The second-order valence-electron chi connectivity index (χ2n) is 5.27. The molecule has 7 heteroatoms. The molecular weight excluding hydrogens is 278 g/mol. The SMILES string of the molecule is CCNCc1ccc(S(=O)(=O)N2CCC(N(C)C)C2)o1. The Balaban J connectivity index is 2.09. The van der Waals surface area contributed by atoms with Gasteiger partial charge in [-0.15, -0.1) is 0 Å². The summed E-state index contributed by atoms with van der Waals surface area (Å²) in [5, 5.41) is 3.16. The van der Waals surface area contributed by atoms with E-state index in [1.165, 1.54) is 4.31 Å². The maximum atomic E-state index is 12.5. The van der Waals surface area contributed by atoms with Crippen molar-refractivity contribution in [2.24, 2.45) is 0 Å². The number of likely N-dealkylation sites (N-methyl/N-ethyl adjacent to an activating group) is 1. The van der Waals surface area contributed by atoms with Gasteiger partial charge in [-0.2, -0.15) is 4.31 Å². The standard InChI is InChI=1S/C13H23N3O3S/c1-4-14-9-12-5-6-13(19-12)20(17,18)16-8-7-11(10-16)15(2)3/h5-6,11,14H,4,7-10H2,1-3H3. The molecule has 1 N–H and O–H groups in total. The van der Waals surface area contributed by atoms with Crippen LogP contribution in [-0.4, -0.2) is 57.4 Å². The first-order chi connectivity index (χ1) is 9.45. The predicted molar refractivity (Wildman–Crippen MR) is 76.9 cm³/mol. The molecule has 2 rings (SSSR count). The Morgan fingerprint density at radius 3 is 2.80 bits per heavy atom. The fraction of sp³-hybridized carbons (Fsp3) is 0.692. The average molecular weight is 301 g/mol. The van der Waals surface area contributed by atoms with Crippen molar-refractivity contribution in [3.63, 3.8) is 0 Å². The molecule has 1 fully saturated rings. The van der Waals surface area contributed by atoms with Gasteiger partial charge in [-0.05, 0) is 39.2 Å². The van der Waals surface area contributed by atoms with Gasteiger partial charge >= 0.3 is 0 Å². The molecule has 0 aromatic carbocycles. The van der Waals surface area contributed by atoms with Gasteiger partial charge < -0.3 is 14.6 Å². The Morgan fingerprint density at radius 2 is 2.20 bits per heavy atom. The lowest BCUT2D eigenvalue weighted by molar-refractivity contribution is 0.300. The lowest BCUT2D eigenvalue weighted by Gasteiger charge is -2.19. The van der Waals surface area contributed by atoms with Crippen molar-refractivity contribution in [3.05, 3.63) is 17.9 Å². The van der Waals surface area contributed by atoms with Crippen LogP contribution in [0, 0.1) is 0 Å². The van der Waals surface area contributed by atoms with E-state index in [1.807, 2.05) is 21.0 Å². The third-order valence-corrected chi connectivity index (χ3v) is 5.38. The van der Waals surface area contributed by atoms with Gasteiger partial charge in [0.05, 0.1) is 6.54 Å². The van der Waals surface area contributed by atoms with Gasteiger partial charge in [-0.3, -0.25) is 0 Å². The topological polar surface area (TPSA) is 65.8 Å². The molecule has 1 atom stereocenters. The van der Waals surface area contributed by atoms with Crippen molar-refractivity contribution in [1.29, 1.82) is 0 Å². The summed E-state index contributed by atoms with van der Waals surface area (Å²) in [4.78, 5) is 2.06. The fourth-order valence-corrected chi connectivity index (χ4v) is 3.74. The number of sulfonamides is 1. The fourth-order valence-electron chi connectivity index (χ4n) is 2.32. The van der Waals surface area contributed by atoms with Crippen molar-refractivity contribution in [3.8, 4) is 0 Å². The molecular formula is C13H23N3O3S. The van der Waals surface area contributed by atoms with Crippen molar-refractivity contribution >= 4 is 10.0 Å². The van der Waals surface area contributed by atoms with Gasteiger partial charge in [0.1, 0.15) is 5.76 Å². The van der Waals surface area contributed by atoms with Crippen molar-refractivity contribution < 1.29 is 12.8 Å². The van der Waals surface area contributed by atoms with Crippen LogP contribution < -0.4 is 5.32 Å². The number of furan rings is 1. The molecule has 6 nitrogen and oxygen atoms in total. The largest absolute Gasteiger partial charge is 0.447 e. The van der Waals surface area contributed by atoms with E-state index in [0.717, 1.165) is 13.0 Å². The summed E-state index contributed by atoms with van der Waals surface area (Å²) in [6.07, 6.45) is 0.858. The summed E-state index contributed by atoms with van der Waals surface area (Å²) in [5.74, 6) is 0.647.